The molecule has 0 aliphatic carbocycles. The van der Waals surface area contributed by atoms with Crippen molar-refractivity contribution in [3.05, 3.63) is 69.9 Å². The van der Waals surface area contributed by atoms with E-state index in [2.05, 4.69) is 40.3 Å². The number of hydrogen-bond donors (Lipinski definition) is 1. The summed E-state index contributed by atoms with van der Waals surface area (Å²) in [4.78, 5) is 0. The smallest absolute Gasteiger partial charge is 0.123 e. The van der Waals surface area contributed by atoms with Crippen molar-refractivity contribution in [2.75, 3.05) is 0 Å². The highest BCUT2D eigenvalue weighted by atomic mass is 79.9. The Morgan fingerprint density at radius 1 is 1.17 bits per heavy atom. The maximum Gasteiger partial charge on any atom is 0.123 e. The van der Waals surface area contributed by atoms with E-state index in [1.54, 1.807) is 12.1 Å². The van der Waals surface area contributed by atoms with Gasteiger partial charge in [0.25, 0.3) is 0 Å². The molecule has 18 heavy (non-hydrogen) atoms. The standard InChI is InChI=1S/C15H15BrFN/c1-11(12-5-3-2-4-6-12)18-10-13-9-14(17)7-8-15(13)16/h2-9,11,18H,10H2,1H3. The second-order valence-corrected chi connectivity index (χ2v) is 5.10. The number of rotatable bonds is 4. The molecule has 3 heteroatoms. The molecule has 1 N–H and O–H groups in total. The van der Waals surface area contributed by atoms with Gasteiger partial charge in [0, 0.05) is 17.1 Å². The van der Waals surface area contributed by atoms with Gasteiger partial charge in [0.1, 0.15) is 5.82 Å². The molecular weight excluding hydrogens is 293 g/mol. The Morgan fingerprint density at radius 3 is 2.61 bits per heavy atom. The molecule has 1 unspecified atom stereocenters. The molecule has 0 heterocycles. The van der Waals surface area contributed by atoms with Gasteiger partial charge in [-0.25, -0.2) is 4.39 Å². The van der Waals surface area contributed by atoms with Crippen LogP contribution < -0.4 is 5.32 Å². The summed E-state index contributed by atoms with van der Waals surface area (Å²) in [6.45, 7) is 2.73. The molecule has 0 aliphatic heterocycles. The van der Waals surface area contributed by atoms with Crippen molar-refractivity contribution in [3.8, 4) is 0 Å². The van der Waals surface area contributed by atoms with Gasteiger partial charge in [-0.15, -0.1) is 0 Å². The van der Waals surface area contributed by atoms with Crippen LogP contribution in [-0.4, -0.2) is 0 Å². The van der Waals surface area contributed by atoms with Crippen LogP contribution in [0.25, 0.3) is 0 Å². The Balaban J connectivity index is 2.01. The lowest BCUT2D eigenvalue weighted by molar-refractivity contribution is 0.568. The van der Waals surface area contributed by atoms with Crippen LogP contribution in [-0.2, 0) is 6.54 Å². The summed E-state index contributed by atoms with van der Waals surface area (Å²) in [6, 6.07) is 15.2. The van der Waals surface area contributed by atoms with Crippen LogP contribution in [0.5, 0.6) is 0 Å². The second kappa shape index (κ2) is 6.12. The van der Waals surface area contributed by atoms with Gasteiger partial charge in [-0.1, -0.05) is 46.3 Å². The Hall–Kier alpha value is -1.19. The van der Waals surface area contributed by atoms with Crippen molar-refractivity contribution in [1.82, 2.24) is 5.32 Å². The van der Waals surface area contributed by atoms with E-state index in [1.807, 2.05) is 18.2 Å². The van der Waals surface area contributed by atoms with Gasteiger partial charge in [0.05, 0.1) is 0 Å². The van der Waals surface area contributed by atoms with E-state index in [0.29, 0.717) is 6.54 Å². The van der Waals surface area contributed by atoms with Gasteiger partial charge in [-0.05, 0) is 36.2 Å². The van der Waals surface area contributed by atoms with Crippen LogP contribution in [0.3, 0.4) is 0 Å². The normalized spacial score (nSPS) is 12.4. The first-order chi connectivity index (χ1) is 8.66. The third kappa shape index (κ3) is 3.40. The first-order valence-corrected chi connectivity index (χ1v) is 6.68. The van der Waals surface area contributed by atoms with Gasteiger partial charge in [-0.2, -0.15) is 0 Å². The molecule has 0 fully saturated rings. The van der Waals surface area contributed by atoms with Crippen LogP contribution in [0.15, 0.2) is 53.0 Å². The predicted octanol–water partition coefficient (Wildman–Crippen LogP) is 4.44. The Bertz CT molecular complexity index is 513. The molecule has 0 bridgehead atoms. The zero-order valence-electron chi connectivity index (χ0n) is 10.2. The fourth-order valence-corrected chi connectivity index (χ4v) is 2.19. The van der Waals surface area contributed by atoms with Crippen LogP contribution in [0, 0.1) is 5.82 Å². The summed E-state index contributed by atoms with van der Waals surface area (Å²) < 4.78 is 14.1. The van der Waals surface area contributed by atoms with Gasteiger partial charge >= 0.3 is 0 Å². The Kier molecular flexibility index (Phi) is 4.50. The minimum absolute atomic E-state index is 0.206. The Labute approximate surface area is 115 Å². The monoisotopic (exact) mass is 307 g/mol. The van der Waals surface area contributed by atoms with E-state index in [1.165, 1.54) is 11.6 Å². The van der Waals surface area contributed by atoms with Crippen LogP contribution in [0.1, 0.15) is 24.1 Å². The van der Waals surface area contributed by atoms with Crippen LogP contribution >= 0.6 is 15.9 Å². The lowest BCUT2D eigenvalue weighted by Crippen LogP contribution is -2.18. The third-order valence-electron chi connectivity index (χ3n) is 2.91. The highest BCUT2D eigenvalue weighted by Crippen LogP contribution is 2.19. The molecule has 1 nitrogen and oxygen atoms in total. The molecule has 94 valence electrons. The number of nitrogens with one attached hydrogen (secondary N) is 1. The van der Waals surface area contributed by atoms with E-state index < -0.39 is 0 Å². The fourth-order valence-electron chi connectivity index (χ4n) is 1.80. The molecule has 0 aromatic heterocycles. The largest absolute Gasteiger partial charge is 0.306 e. The summed E-state index contributed by atoms with van der Waals surface area (Å²) in [6.07, 6.45) is 0. The molecule has 2 rings (SSSR count). The molecule has 2 aromatic carbocycles. The van der Waals surface area contributed by atoms with E-state index in [9.17, 15) is 4.39 Å². The molecular formula is C15H15BrFN. The van der Waals surface area contributed by atoms with Crippen molar-refractivity contribution in [3.63, 3.8) is 0 Å². The molecule has 0 saturated heterocycles. The van der Waals surface area contributed by atoms with E-state index in [0.717, 1.165) is 10.0 Å². The van der Waals surface area contributed by atoms with Crippen molar-refractivity contribution in [1.29, 1.82) is 0 Å². The van der Waals surface area contributed by atoms with Gasteiger partial charge < -0.3 is 5.32 Å². The summed E-state index contributed by atoms with van der Waals surface area (Å²) in [5, 5.41) is 3.39. The van der Waals surface area contributed by atoms with Gasteiger partial charge in [0.2, 0.25) is 0 Å². The second-order valence-electron chi connectivity index (χ2n) is 4.25. The van der Waals surface area contributed by atoms with Crippen molar-refractivity contribution in [2.45, 2.75) is 19.5 Å². The van der Waals surface area contributed by atoms with Gasteiger partial charge in [-0.3, -0.25) is 0 Å². The fraction of sp³-hybridized carbons (Fsp3) is 0.200. The average Bonchev–Trinajstić information content (AvgIpc) is 2.40. The van der Waals surface area contributed by atoms with Crippen LogP contribution in [0.2, 0.25) is 0 Å². The maximum absolute atomic E-state index is 13.1. The summed E-state index contributed by atoms with van der Waals surface area (Å²) >= 11 is 3.43. The lowest BCUT2D eigenvalue weighted by atomic mass is 10.1. The minimum atomic E-state index is -0.206. The SMILES string of the molecule is CC(NCc1cc(F)ccc1Br)c1ccccc1. The van der Waals surface area contributed by atoms with Crippen molar-refractivity contribution in [2.24, 2.45) is 0 Å². The first-order valence-electron chi connectivity index (χ1n) is 5.89. The molecule has 0 aliphatic rings. The highest BCUT2D eigenvalue weighted by molar-refractivity contribution is 9.10. The predicted molar refractivity (Wildman–Crippen MR) is 75.8 cm³/mol. The number of halogens is 2. The molecule has 0 spiro atoms. The summed E-state index contributed by atoms with van der Waals surface area (Å²) in [5.74, 6) is -0.206. The first kappa shape index (κ1) is 13.2. The summed E-state index contributed by atoms with van der Waals surface area (Å²) in [5.41, 5.74) is 2.16. The van der Waals surface area contributed by atoms with E-state index >= 15 is 0 Å². The highest BCUT2D eigenvalue weighted by Gasteiger charge is 2.06. The van der Waals surface area contributed by atoms with E-state index in [4.69, 9.17) is 0 Å². The maximum atomic E-state index is 13.1. The van der Waals surface area contributed by atoms with E-state index in [-0.39, 0.29) is 11.9 Å². The van der Waals surface area contributed by atoms with Crippen molar-refractivity contribution < 1.29 is 4.39 Å². The molecule has 2 aromatic rings. The zero-order chi connectivity index (χ0) is 13.0. The third-order valence-corrected chi connectivity index (χ3v) is 3.68. The molecule has 1 atom stereocenters. The van der Waals surface area contributed by atoms with Crippen LogP contribution in [0.4, 0.5) is 4.39 Å². The Morgan fingerprint density at radius 2 is 1.89 bits per heavy atom. The van der Waals surface area contributed by atoms with Crippen molar-refractivity contribution >= 4 is 15.9 Å². The zero-order valence-corrected chi connectivity index (χ0v) is 11.7. The molecule has 0 saturated carbocycles. The quantitative estimate of drug-likeness (QED) is 0.880. The number of hydrogen-bond acceptors (Lipinski definition) is 1. The lowest BCUT2D eigenvalue weighted by Gasteiger charge is -2.15. The van der Waals surface area contributed by atoms with Gasteiger partial charge in [0.15, 0.2) is 0 Å². The topological polar surface area (TPSA) is 12.0 Å². The number of benzene rings is 2. The molecule has 0 amide bonds. The minimum Gasteiger partial charge on any atom is -0.306 e. The average molecular weight is 308 g/mol. The molecule has 0 radical (unpaired) electrons. The summed E-state index contributed by atoms with van der Waals surface area (Å²) in [7, 11) is 0.